The summed E-state index contributed by atoms with van der Waals surface area (Å²) in [5.41, 5.74) is 4.46. The second-order valence-electron chi connectivity index (χ2n) is 12.0. The Hall–Kier alpha value is -4.27. The van der Waals surface area contributed by atoms with Gasteiger partial charge in [0.1, 0.15) is 5.82 Å². The Morgan fingerprint density at radius 2 is 1.55 bits per heavy atom. The maximum absolute atomic E-state index is 13.7. The molecule has 3 aromatic rings. The number of carbonyl (C=O) groups is 1. The van der Waals surface area contributed by atoms with Crippen molar-refractivity contribution in [2.45, 2.75) is 64.5 Å². The molecule has 0 saturated heterocycles. The number of hydrazine groups is 1. The number of carboxylic acids is 1. The lowest BCUT2D eigenvalue weighted by Gasteiger charge is -2.34. The number of benzene rings is 2. The van der Waals surface area contributed by atoms with Gasteiger partial charge in [0.25, 0.3) is 0 Å². The van der Waals surface area contributed by atoms with Crippen LogP contribution in [0.15, 0.2) is 53.6 Å². The maximum Gasteiger partial charge on any atom is 0.416 e. The zero-order valence-electron chi connectivity index (χ0n) is 26.2. The number of hydrogen-bond donors (Lipinski definition) is 3. The number of hydrogen-bond acceptors (Lipinski definition) is 6. The van der Waals surface area contributed by atoms with Crippen LogP contribution in [0.4, 0.5) is 32.2 Å². The number of aromatic nitrogens is 1. The van der Waals surface area contributed by atoms with Crippen LogP contribution >= 0.6 is 0 Å². The number of anilines is 1. The minimum Gasteiger partial charge on any atom is -0.481 e. The van der Waals surface area contributed by atoms with Gasteiger partial charge in [0, 0.05) is 50.6 Å². The highest BCUT2D eigenvalue weighted by atomic mass is 19.4. The quantitative estimate of drug-likeness (QED) is 0.0704. The minimum absolute atomic E-state index is 0.0597. The van der Waals surface area contributed by atoms with E-state index in [0.29, 0.717) is 42.1 Å². The third-order valence-electron chi connectivity index (χ3n) is 8.34. The molecule has 0 aliphatic heterocycles. The number of hydrazone groups is 1. The summed E-state index contributed by atoms with van der Waals surface area (Å²) in [6.45, 7) is 2.66. The molecular formula is C32H39F6N7O2. The van der Waals surface area contributed by atoms with Crippen LogP contribution in [-0.2, 0) is 30.2 Å². The number of fused-ring (bicyclic) bond motifs is 1. The molecule has 0 bridgehead atoms. The van der Waals surface area contributed by atoms with Crippen molar-refractivity contribution in [1.29, 1.82) is 0 Å². The summed E-state index contributed by atoms with van der Waals surface area (Å²) in [6.07, 6.45) is -6.57. The van der Waals surface area contributed by atoms with Gasteiger partial charge in [0.2, 0.25) is 5.96 Å². The Morgan fingerprint density at radius 3 is 2.11 bits per heavy atom. The number of aliphatic carboxylic acids is 1. The van der Waals surface area contributed by atoms with E-state index in [1.54, 1.807) is 0 Å². The number of halogens is 6. The van der Waals surface area contributed by atoms with Crippen LogP contribution in [0.3, 0.4) is 0 Å². The second-order valence-corrected chi connectivity index (χ2v) is 12.0. The van der Waals surface area contributed by atoms with Crippen molar-refractivity contribution in [2.75, 3.05) is 25.0 Å². The van der Waals surface area contributed by atoms with Crippen LogP contribution < -0.4 is 16.5 Å². The van der Waals surface area contributed by atoms with Gasteiger partial charge in [-0.1, -0.05) is 18.2 Å². The number of guanidine groups is 1. The molecule has 1 saturated carbocycles. The van der Waals surface area contributed by atoms with E-state index in [9.17, 15) is 36.2 Å². The molecule has 4 rings (SSSR count). The fourth-order valence-corrected chi connectivity index (χ4v) is 6.06. The van der Waals surface area contributed by atoms with E-state index in [1.165, 1.54) is 11.9 Å². The number of nitrogens with two attached hydrogens (primary N) is 2. The maximum atomic E-state index is 13.7. The highest BCUT2D eigenvalue weighted by Crippen LogP contribution is 2.37. The summed E-state index contributed by atoms with van der Waals surface area (Å²) in [7, 11) is 1.38. The number of carboxylic acid groups (broad SMARTS) is 1. The number of rotatable bonds is 11. The Bertz CT molecular complexity index is 1540. The lowest BCUT2D eigenvalue weighted by molar-refractivity contribution is -0.143. The Labute approximate surface area is 268 Å². The first-order valence-electron chi connectivity index (χ1n) is 15.2. The molecular weight excluding hydrogens is 628 g/mol. The van der Waals surface area contributed by atoms with Gasteiger partial charge in [-0.05, 0) is 80.3 Å². The molecule has 15 heteroatoms. The first-order valence-corrected chi connectivity index (χ1v) is 15.2. The number of para-hydroxylation sites is 1. The largest absolute Gasteiger partial charge is 0.481 e. The third-order valence-corrected chi connectivity index (χ3v) is 8.34. The average Bonchev–Trinajstić information content (AvgIpc) is 2.98. The van der Waals surface area contributed by atoms with Crippen LogP contribution in [0.1, 0.15) is 61.3 Å². The van der Waals surface area contributed by atoms with Crippen molar-refractivity contribution in [3.05, 3.63) is 70.8 Å². The molecule has 256 valence electrons. The normalized spacial score (nSPS) is 17.5. The molecule has 9 nitrogen and oxygen atoms in total. The van der Waals surface area contributed by atoms with Gasteiger partial charge in [-0.15, -0.1) is 5.10 Å². The summed E-state index contributed by atoms with van der Waals surface area (Å²) in [5.74, 6) is 5.67. The number of alkyl halides is 6. The van der Waals surface area contributed by atoms with Crippen LogP contribution in [-0.4, -0.2) is 52.2 Å². The molecule has 0 atom stereocenters. The molecule has 0 spiro atoms. The summed E-state index contributed by atoms with van der Waals surface area (Å²) in [4.78, 5) is 19.6. The van der Waals surface area contributed by atoms with Gasteiger partial charge in [0.05, 0.1) is 16.6 Å². The standard InChI is InChI=1S/C32H39F6N7O2/c1-3-44(17-21-10-8-20(9-11-21)14-28(46)47)29-24(15-23-6-4-5-7-27(23)41-29)19-45(30(39)42-43(2)40)18-22-12-25(31(33,34)35)16-26(13-22)32(36,37)38/h4-7,12-13,15-16,20-21H,3,8-11,14,17-19,40H2,1-2H3,(H2,39,42)(H,46,47). The van der Waals surface area contributed by atoms with Gasteiger partial charge in [0.15, 0.2) is 0 Å². The predicted molar refractivity (Wildman–Crippen MR) is 167 cm³/mol. The van der Waals surface area contributed by atoms with Crippen molar-refractivity contribution >= 4 is 28.6 Å². The smallest absolute Gasteiger partial charge is 0.416 e. The molecule has 1 heterocycles. The molecule has 0 amide bonds. The topological polar surface area (TPSA) is 124 Å². The van der Waals surface area contributed by atoms with Crippen LogP contribution in [0, 0.1) is 11.8 Å². The third kappa shape index (κ3) is 9.62. The Balaban J connectivity index is 1.73. The van der Waals surface area contributed by atoms with E-state index in [-0.39, 0.29) is 42.4 Å². The van der Waals surface area contributed by atoms with Crippen LogP contribution in [0.5, 0.6) is 0 Å². The van der Waals surface area contributed by atoms with Gasteiger partial charge in [-0.2, -0.15) is 26.3 Å². The number of nitrogens with zero attached hydrogens (tertiary/aromatic N) is 5. The predicted octanol–water partition coefficient (Wildman–Crippen LogP) is 6.42. The molecule has 1 aliphatic carbocycles. The zero-order chi connectivity index (χ0) is 34.5. The fourth-order valence-electron chi connectivity index (χ4n) is 6.06. The van der Waals surface area contributed by atoms with Gasteiger partial charge < -0.3 is 20.6 Å². The zero-order valence-corrected chi connectivity index (χ0v) is 26.2. The van der Waals surface area contributed by atoms with E-state index >= 15 is 0 Å². The summed E-state index contributed by atoms with van der Waals surface area (Å²) in [6, 6.07) is 10.7. The van der Waals surface area contributed by atoms with Crippen molar-refractivity contribution in [1.82, 2.24) is 15.0 Å². The summed E-state index contributed by atoms with van der Waals surface area (Å²) in [5, 5.41) is 14.9. The first kappa shape index (κ1) is 35.6. The molecule has 1 aromatic heterocycles. The van der Waals surface area contributed by atoms with E-state index in [2.05, 4.69) is 10.0 Å². The number of pyridine rings is 1. The SMILES string of the molecule is CCN(CC1CCC(CC(=O)O)CC1)c1nc2ccccc2cc1CN(Cc1cc(C(F)(F)F)cc(C(F)(F)F)c1)/C(N)=N/N(C)N. The summed E-state index contributed by atoms with van der Waals surface area (Å²) < 4.78 is 81.9. The molecule has 1 fully saturated rings. The molecule has 2 aromatic carbocycles. The average molecular weight is 668 g/mol. The van der Waals surface area contributed by atoms with Gasteiger partial charge in [-0.3, -0.25) is 4.79 Å². The second kappa shape index (κ2) is 14.7. The Kier molecular flexibility index (Phi) is 11.1. The molecule has 0 unspecified atom stereocenters. The van der Waals surface area contributed by atoms with Crippen LogP contribution in [0.2, 0.25) is 0 Å². The van der Waals surface area contributed by atoms with Gasteiger partial charge >= 0.3 is 18.3 Å². The molecule has 0 radical (unpaired) electrons. The first-order chi connectivity index (χ1) is 22.0. The van der Waals surface area contributed by atoms with Crippen LogP contribution in [0.25, 0.3) is 10.9 Å². The van der Waals surface area contributed by atoms with E-state index in [4.69, 9.17) is 16.6 Å². The summed E-state index contributed by atoms with van der Waals surface area (Å²) >= 11 is 0. The monoisotopic (exact) mass is 667 g/mol. The van der Waals surface area contributed by atoms with E-state index in [0.717, 1.165) is 36.2 Å². The van der Waals surface area contributed by atoms with Crippen molar-refractivity contribution in [2.24, 2.45) is 28.5 Å². The van der Waals surface area contributed by atoms with Crippen molar-refractivity contribution in [3.63, 3.8) is 0 Å². The molecule has 5 N–H and O–H groups in total. The lowest BCUT2D eigenvalue weighted by Crippen LogP contribution is -2.40. The minimum atomic E-state index is -5.01. The van der Waals surface area contributed by atoms with Crippen molar-refractivity contribution < 1.29 is 36.2 Å². The highest BCUT2D eigenvalue weighted by molar-refractivity contribution is 5.83. The highest BCUT2D eigenvalue weighted by Gasteiger charge is 2.37. The van der Waals surface area contributed by atoms with E-state index in [1.807, 2.05) is 37.3 Å². The van der Waals surface area contributed by atoms with Crippen molar-refractivity contribution in [3.8, 4) is 0 Å². The molecule has 47 heavy (non-hydrogen) atoms. The Morgan fingerprint density at radius 1 is 0.957 bits per heavy atom. The van der Waals surface area contributed by atoms with Gasteiger partial charge in [-0.25, -0.2) is 15.9 Å². The fraction of sp³-hybridized carbons (Fsp3) is 0.469. The molecule has 1 aliphatic rings. The van der Waals surface area contributed by atoms with E-state index < -0.39 is 36.0 Å². The lowest BCUT2D eigenvalue weighted by atomic mass is 9.80.